The second-order valence-corrected chi connectivity index (χ2v) is 4.74. The molecular formula is C13H14O2. The van der Waals surface area contributed by atoms with Crippen LogP contribution in [0.3, 0.4) is 0 Å². The Morgan fingerprint density at radius 1 is 1.33 bits per heavy atom. The van der Waals surface area contributed by atoms with E-state index in [0.29, 0.717) is 6.42 Å². The van der Waals surface area contributed by atoms with Crippen molar-refractivity contribution in [3.8, 4) is 5.75 Å². The molecule has 2 nitrogen and oxygen atoms in total. The van der Waals surface area contributed by atoms with Crippen LogP contribution in [0, 0.1) is 6.92 Å². The summed E-state index contributed by atoms with van der Waals surface area (Å²) in [5, 5.41) is 0. The van der Waals surface area contributed by atoms with Crippen LogP contribution in [0.1, 0.15) is 41.6 Å². The van der Waals surface area contributed by atoms with Crippen LogP contribution >= 0.6 is 0 Å². The first kappa shape index (κ1) is 8.96. The van der Waals surface area contributed by atoms with Crippen LogP contribution in [0.5, 0.6) is 5.75 Å². The van der Waals surface area contributed by atoms with Gasteiger partial charge in [-0.3, -0.25) is 4.79 Å². The summed E-state index contributed by atoms with van der Waals surface area (Å²) in [6.45, 7) is 2.00. The fourth-order valence-corrected chi connectivity index (χ4v) is 2.46. The van der Waals surface area contributed by atoms with Gasteiger partial charge in [0.25, 0.3) is 0 Å². The van der Waals surface area contributed by atoms with E-state index in [2.05, 4.69) is 0 Å². The molecule has 1 fully saturated rings. The number of fused-ring (bicyclic) bond motifs is 1. The van der Waals surface area contributed by atoms with Crippen LogP contribution in [0.2, 0.25) is 0 Å². The number of benzene rings is 1. The van der Waals surface area contributed by atoms with Crippen molar-refractivity contribution in [3.05, 3.63) is 29.3 Å². The number of ketones is 1. The van der Waals surface area contributed by atoms with Crippen LogP contribution in [-0.2, 0) is 0 Å². The molecular weight excluding hydrogens is 188 g/mol. The van der Waals surface area contributed by atoms with E-state index in [1.54, 1.807) is 0 Å². The van der Waals surface area contributed by atoms with Crippen molar-refractivity contribution < 1.29 is 9.53 Å². The maximum absolute atomic E-state index is 12.0. The highest BCUT2D eigenvalue weighted by molar-refractivity contribution is 6.00. The minimum Gasteiger partial charge on any atom is -0.486 e. The van der Waals surface area contributed by atoms with E-state index in [9.17, 15) is 4.79 Å². The van der Waals surface area contributed by atoms with Crippen LogP contribution in [-0.4, -0.2) is 11.4 Å². The van der Waals surface area contributed by atoms with Gasteiger partial charge < -0.3 is 4.74 Å². The van der Waals surface area contributed by atoms with Crippen LogP contribution in [0.4, 0.5) is 0 Å². The van der Waals surface area contributed by atoms with Crippen molar-refractivity contribution in [1.29, 1.82) is 0 Å². The van der Waals surface area contributed by atoms with Gasteiger partial charge in [0, 0.05) is 0 Å². The van der Waals surface area contributed by atoms with Crippen molar-refractivity contribution in [3.63, 3.8) is 0 Å². The van der Waals surface area contributed by atoms with Crippen molar-refractivity contribution in [2.45, 2.75) is 38.2 Å². The third kappa shape index (κ3) is 1.28. The summed E-state index contributed by atoms with van der Waals surface area (Å²) >= 11 is 0. The van der Waals surface area contributed by atoms with Crippen LogP contribution < -0.4 is 4.74 Å². The Morgan fingerprint density at radius 3 is 2.80 bits per heavy atom. The van der Waals surface area contributed by atoms with E-state index >= 15 is 0 Å². The lowest BCUT2D eigenvalue weighted by Crippen LogP contribution is -2.47. The Hall–Kier alpha value is -1.31. The minimum absolute atomic E-state index is 0.140. The molecule has 2 aliphatic rings. The second-order valence-electron chi connectivity index (χ2n) is 4.74. The molecule has 0 N–H and O–H groups in total. The molecule has 1 spiro atoms. The normalized spacial score (nSPS) is 21.8. The lowest BCUT2D eigenvalue weighted by Gasteiger charge is -2.44. The summed E-state index contributed by atoms with van der Waals surface area (Å²) in [6, 6.07) is 5.87. The van der Waals surface area contributed by atoms with Gasteiger partial charge in [0.1, 0.15) is 11.4 Å². The van der Waals surface area contributed by atoms with Gasteiger partial charge in [-0.25, -0.2) is 0 Å². The van der Waals surface area contributed by atoms with Gasteiger partial charge in [0.05, 0.1) is 12.0 Å². The Labute approximate surface area is 89.2 Å². The first-order valence-corrected chi connectivity index (χ1v) is 5.51. The molecule has 78 valence electrons. The molecule has 1 aromatic rings. The Balaban J connectivity index is 2.04. The molecule has 0 bridgehead atoms. The van der Waals surface area contributed by atoms with Gasteiger partial charge in [-0.05, 0) is 38.3 Å². The fraction of sp³-hybridized carbons (Fsp3) is 0.462. The summed E-state index contributed by atoms with van der Waals surface area (Å²) in [7, 11) is 0. The SMILES string of the molecule is Cc1ccc2c(c1)C(=O)CC1(CCC1)O2. The number of hydrogen-bond acceptors (Lipinski definition) is 2. The van der Waals surface area contributed by atoms with Crippen LogP contribution in [0.25, 0.3) is 0 Å². The highest BCUT2D eigenvalue weighted by Gasteiger charge is 2.45. The number of Topliss-reactive ketones (excluding diaryl/α,β-unsaturated/α-hetero) is 1. The fourth-order valence-electron chi connectivity index (χ4n) is 2.46. The largest absolute Gasteiger partial charge is 0.486 e. The number of aryl methyl sites for hydroxylation is 1. The lowest BCUT2D eigenvalue weighted by atomic mass is 9.74. The summed E-state index contributed by atoms with van der Waals surface area (Å²) < 4.78 is 5.96. The molecule has 1 aliphatic carbocycles. The first-order chi connectivity index (χ1) is 7.19. The highest BCUT2D eigenvalue weighted by atomic mass is 16.5. The molecule has 1 heterocycles. The molecule has 0 aromatic heterocycles. The standard InChI is InChI=1S/C13H14O2/c1-9-3-4-12-10(7-9)11(14)8-13(15-12)5-2-6-13/h3-4,7H,2,5-6,8H2,1H3. The van der Waals surface area contributed by atoms with E-state index in [0.717, 1.165) is 29.7 Å². The van der Waals surface area contributed by atoms with Gasteiger partial charge in [-0.2, -0.15) is 0 Å². The maximum Gasteiger partial charge on any atom is 0.170 e. The molecule has 15 heavy (non-hydrogen) atoms. The van der Waals surface area contributed by atoms with E-state index in [1.807, 2.05) is 25.1 Å². The van der Waals surface area contributed by atoms with Crippen molar-refractivity contribution in [1.82, 2.24) is 0 Å². The molecule has 0 atom stereocenters. The Bertz CT molecular complexity index is 430. The van der Waals surface area contributed by atoms with E-state index < -0.39 is 0 Å². The number of ether oxygens (including phenoxy) is 1. The number of hydrogen-bond donors (Lipinski definition) is 0. The van der Waals surface area contributed by atoms with E-state index in [-0.39, 0.29) is 11.4 Å². The van der Waals surface area contributed by atoms with Crippen molar-refractivity contribution in [2.24, 2.45) is 0 Å². The molecule has 2 heteroatoms. The molecule has 0 amide bonds. The van der Waals surface area contributed by atoms with Gasteiger partial charge in [-0.15, -0.1) is 0 Å². The Morgan fingerprint density at radius 2 is 2.13 bits per heavy atom. The highest BCUT2D eigenvalue weighted by Crippen LogP contribution is 2.44. The third-order valence-electron chi connectivity index (χ3n) is 3.51. The minimum atomic E-state index is -0.140. The monoisotopic (exact) mass is 202 g/mol. The van der Waals surface area contributed by atoms with Crippen molar-refractivity contribution >= 4 is 5.78 Å². The third-order valence-corrected chi connectivity index (χ3v) is 3.51. The van der Waals surface area contributed by atoms with E-state index in [1.165, 1.54) is 6.42 Å². The zero-order valence-electron chi connectivity index (χ0n) is 8.88. The number of carbonyl (C=O) groups excluding carboxylic acids is 1. The molecule has 0 saturated heterocycles. The van der Waals surface area contributed by atoms with Gasteiger partial charge >= 0.3 is 0 Å². The maximum atomic E-state index is 12.0. The topological polar surface area (TPSA) is 26.3 Å². The van der Waals surface area contributed by atoms with Gasteiger partial charge in [-0.1, -0.05) is 11.6 Å². The molecule has 1 saturated carbocycles. The summed E-state index contributed by atoms with van der Waals surface area (Å²) in [5.74, 6) is 1.04. The average Bonchev–Trinajstić information content (AvgIpc) is 2.16. The molecule has 0 unspecified atom stereocenters. The van der Waals surface area contributed by atoms with Gasteiger partial charge in [0.2, 0.25) is 0 Å². The quantitative estimate of drug-likeness (QED) is 0.646. The number of carbonyl (C=O) groups is 1. The molecule has 1 aliphatic heterocycles. The smallest absolute Gasteiger partial charge is 0.170 e. The summed E-state index contributed by atoms with van der Waals surface area (Å²) in [6.07, 6.45) is 3.83. The number of rotatable bonds is 0. The average molecular weight is 202 g/mol. The van der Waals surface area contributed by atoms with Gasteiger partial charge in [0.15, 0.2) is 5.78 Å². The predicted octanol–water partition coefficient (Wildman–Crippen LogP) is 2.88. The zero-order valence-corrected chi connectivity index (χ0v) is 8.88. The summed E-state index contributed by atoms with van der Waals surface area (Å²) in [5.41, 5.74) is 1.75. The predicted molar refractivity (Wildman–Crippen MR) is 57.3 cm³/mol. The Kier molecular flexibility index (Phi) is 1.70. The molecule has 0 radical (unpaired) electrons. The lowest BCUT2D eigenvalue weighted by molar-refractivity contribution is -0.0177. The van der Waals surface area contributed by atoms with E-state index in [4.69, 9.17) is 4.74 Å². The van der Waals surface area contributed by atoms with Crippen LogP contribution in [0.15, 0.2) is 18.2 Å². The second kappa shape index (κ2) is 2.84. The molecule has 1 aromatic carbocycles. The molecule has 3 rings (SSSR count). The zero-order chi connectivity index (χ0) is 10.5. The van der Waals surface area contributed by atoms with Crippen molar-refractivity contribution in [2.75, 3.05) is 0 Å². The first-order valence-electron chi connectivity index (χ1n) is 5.51. The summed E-state index contributed by atoms with van der Waals surface area (Å²) in [4.78, 5) is 12.0.